The van der Waals surface area contributed by atoms with Crippen LogP contribution in [0.15, 0.2) is 18.2 Å². The fourth-order valence-corrected chi connectivity index (χ4v) is 2.86. The van der Waals surface area contributed by atoms with Gasteiger partial charge in [-0.25, -0.2) is 0 Å². The van der Waals surface area contributed by atoms with Gasteiger partial charge < -0.3 is 10.1 Å². The Balaban J connectivity index is 2.72. The van der Waals surface area contributed by atoms with Crippen LogP contribution < -0.4 is 10.1 Å². The topological polar surface area (TPSA) is 21.3 Å². The molecule has 1 aromatic rings. The SMILES string of the molecule is COc1ccc(C)cc1CC(CNCC(C)C)CC(C)C. The van der Waals surface area contributed by atoms with Crippen molar-refractivity contribution in [2.24, 2.45) is 17.8 Å². The standard InChI is InChI=1S/C19H33NO/c1-14(2)9-17(13-20-12-15(3)4)11-18-10-16(5)7-8-19(18)21-6/h7-8,10,14-15,17,20H,9,11-13H2,1-6H3. The summed E-state index contributed by atoms with van der Waals surface area (Å²) in [5.74, 6) is 3.13. The minimum Gasteiger partial charge on any atom is -0.496 e. The first kappa shape index (κ1) is 18.0. The highest BCUT2D eigenvalue weighted by Gasteiger charge is 2.15. The summed E-state index contributed by atoms with van der Waals surface area (Å²) in [6.07, 6.45) is 2.34. The first-order valence-electron chi connectivity index (χ1n) is 8.26. The molecule has 1 atom stereocenters. The maximum atomic E-state index is 5.53. The Labute approximate surface area is 131 Å². The maximum absolute atomic E-state index is 5.53. The number of aryl methyl sites for hydroxylation is 1. The number of hydrogen-bond acceptors (Lipinski definition) is 2. The molecule has 1 unspecified atom stereocenters. The lowest BCUT2D eigenvalue weighted by molar-refractivity contribution is 0.364. The Morgan fingerprint density at radius 2 is 1.76 bits per heavy atom. The van der Waals surface area contributed by atoms with Crippen molar-refractivity contribution in [3.63, 3.8) is 0 Å². The monoisotopic (exact) mass is 291 g/mol. The van der Waals surface area contributed by atoms with E-state index < -0.39 is 0 Å². The summed E-state index contributed by atoms with van der Waals surface area (Å²) in [5.41, 5.74) is 2.65. The van der Waals surface area contributed by atoms with E-state index in [1.807, 2.05) is 0 Å². The van der Waals surface area contributed by atoms with E-state index in [1.54, 1.807) is 7.11 Å². The molecule has 0 heterocycles. The Morgan fingerprint density at radius 1 is 1.05 bits per heavy atom. The van der Waals surface area contributed by atoms with E-state index in [1.165, 1.54) is 17.5 Å². The highest BCUT2D eigenvalue weighted by molar-refractivity contribution is 5.37. The van der Waals surface area contributed by atoms with Crippen molar-refractivity contribution >= 4 is 0 Å². The Kier molecular flexibility index (Phi) is 7.81. The van der Waals surface area contributed by atoms with E-state index in [2.05, 4.69) is 58.1 Å². The van der Waals surface area contributed by atoms with Crippen LogP contribution in [-0.4, -0.2) is 20.2 Å². The van der Waals surface area contributed by atoms with Crippen LogP contribution in [0.3, 0.4) is 0 Å². The summed E-state index contributed by atoms with van der Waals surface area (Å²) in [6, 6.07) is 6.49. The van der Waals surface area contributed by atoms with Crippen LogP contribution in [0.2, 0.25) is 0 Å². The molecule has 21 heavy (non-hydrogen) atoms. The third-order valence-electron chi connectivity index (χ3n) is 3.73. The fraction of sp³-hybridized carbons (Fsp3) is 0.684. The van der Waals surface area contributed by atoms with Gasteiger partial charge in [0.05, 0.1) is 7.11 Å². The number of hydrogen-bond donors (Lipinski definition) is 1. The highest BCUT2D eigenvalue weighted by atomic mass is 16.5. The molecule has 0 amide bonds. The summed E-state index contributed by atoms with van der Waals surface area (Å²) >= 11 is 0. The third-order valence-corrected chi connectivity index (χ3v) is 3.73. The average molecular weight is 291 g/mol. The lowest BCUT2D eigenvalue weighted by Gasteiger charge is -2.22. The van der Waals surface area contributed by atoms with Gasteiger partial charge in [0.1, 0.15) is 5.75 Å². The zero-order chi connectivity index (χ0) is 15.8. The van der Waals surface area contributed by atoms with Gasteiger partial charge in [0.15, 0.2) is 0 Å². The normalized spacial score (nSPS) is 13.0. The van der Waals surface area contributed by atoms with E-state index in [4.69, 9.17) is 4.74 Å². The summed E-state index contributed by atoms with van der Waals surface area (Å²) in [5, 5.41) is 3.62. The largest absolute Gasteiger partial charge is 0.496 e. The van der Waals surface area contributed by atoms with Crippen molar-refractivity contribution in [1.82, 2.24) is 5.32 Å². The zero-order valence-corrected chi connectivity index (χ0v) is 14.7. The van der Waals surface area contributed by atoms with E-state index in [0.29, 0.717) is 11.8 Å². The van der Waals surface area contributed by atoms with E-state index >= 15 is 0 Å². The number of methoxy groups -OCH3 is 1. The van der Waals surface area contributed by atoms with Crippen LogP contribution in [0, 0.1) is 24.7 Å². The van der Waals surface area contributed by atoms with Gasteiger partial charge >= 0.3 is 0 Å². The molecule has 2 nitrogen and oxygen atoms in total. The molecule has 0 aliphatic heterocycles. The highest BCUT2D eigenvalue weighted by Crippen LogP contribution is 2.25. The van der Waals surface area contributed by atoms with E-state index in [9.17, 15) is 0 Å². The maximum Gasteiger partial charge on any atom is 0.122 e. The molecule has 0 saturated carbocycles. The lowest BCUT2D eigenvalue weighted by Crippen LogP contribution is -2.28. The number of ether oxygens (including phenoxy) is 1. The van der Waals surface area contributed by atoms with Crippen molar-refractivity contribution in [2.75, 3.05) is 20.2 Å². The van der Waals surface area contributed by atoms with Gasteiger partial charge in [-0.15, -0.1) is 0 Å². The Bertz CT molecular complexity index is 412. The van der Waals surface area contributed by atoms with Gasteiger partial charge in [0, 0.05) is 0 Å². The van der Waals surface area contributed by atoms with Crippen molar-refractivity contribution in [3.8, 4) is 5.75 Å². The summed E-state index contributed by atoms with van der Waals surface area (Å²) < 4.78 is 5.53. The molecule has 0 radical (unpaired) electrons. The number of benzene rings is 1. The molecule has 0 bridgehead atoms. The van der Waals surface area contributed by atoms with E-state index in [0.717, 1.165) is 31.2 Å². The molecule has 1 aromatic carbocycles. The van der Waals surface area contributed by atoms with Crippen molar-refractivity contribution in [2.45, 2.75) is 47.5 Å². The van der Waals surface area contributed by atoms with Crippen LogP contribution in [-0.2, 0) is 6.42 Å². The molecule has 0 aliphatic rings. The smallest absolute Gasteiger partial charge is 0.122 e. The predicted octanol–water partition coefficient (Wildman–Crippen LogP) is 4.45. The van der Waals surface area contributed by atoms with Crippen LogP contribution in [0.4, 0.5) is 0 Å². The molecule has 1 N–H and O–H groups in total. The minimum absolute atomic E-state index is 0.666. The molecular weight excluding hydrogens is 258 g/mol. The van der Waals surface area contributed by atoms with Crippen molar-refractivity contribution < 1.29 is 4.74 Å². The van der Waals surface area contributed by atoms with Crippen LogP contribution in [0.25, 0.3) is 0 Å². The van der Waals surface area contributed by atoms with Gasteiger partial charge in [-0.3, -0.25) is 0 Å². The molecule has 0 saturated heterocycles. The van der Waals surface area contributed by atoms with Gasteiger partial charge in [-0.2, -0.15) is 0 Å². The first-order valence-corrected chi connectivity index (χ1v) is 8.26. The van der Waals surface area contributed by atoms with Gasteiger partial charge in [0.25, 0.3) is 0 Å². The summed E-state index contributed by atoms with van der Waals surface area (Å²) in [6.45, 7) is 13.5. The zero-order valence-electron chi connectivity index (χ0n) is 14.7. The fourth-order valence-electron chi connectivity index (χ4n) is 2.86. The van der Waals surface area contributed by atoms with Gasteiger partial charge in [-0.05, 0) is 62.2 Å². The summed E-state index contributed by atoms with van der Waals surface area (Å²) in [7, 11) is 1.77. The average Bonchev–Trinajstić information content (AvgIpc) is 2.37. The molecule has 0 aromatic heterocycles. The Hall–Kier alpha value is -1.02. The molecular formula is C19H33NO. The molecule has 0 fully saturated rings. The minimum atomic E-state index is 0.666. The molecule has 2 heteroatoms. The molecule has 0 aliphatic carbocycles. The van der Waals surface area contributed by atoms with Crippen LogP contribution >= 0.6 is 0 Å². The van der Waals surface area contributed by atoms with E-state index in [-0.39, 0.29) is 0 Å². The molecule has 1 rings (SSSR count). The number of nitrogens with one attached hydrogen (secondary N) is 1. The third kappa shape index (κ3) is 6.99. The second-order valence-corrected chi connectivity index (χ2v) is 7.07. The van der Waals surface area contributed by atoms with Crippen LogP contribution in [0.5, 0.6) is 5.75 Å². The second-order valence-electron chi connectivity index (χ2n) is 7.07. The number of rotatable bonds is 9. The van der Waals surface area contributed by atoms with Gasteiger partial charge in [-0.1, -0.05) is 45.4 Å². The van der Waals surface area contributed by atoms with Crippen molar-refractivity contribution in [3.05, 3.63) is 29.3 Å². The molecule has 120 valence electrons. The summed E-state index contributed by atoms with van der Waals surface area (Å²) in [4.78, 5) is 0. The quantitative estimate of drug-likeness (QED) is 0.725. The molecule has 0 spiro atoms. The first-order chi connectivity index (χ1) is 9.92. The Morgan fingerprint density at radius 3 is 2.33 bits per heavy atom. The van der Waals surface area contributed by atoms with Gasteiger partial charge in [0.2, 0.25) is 0 Å². The predicted molar refractivity (Wildman–Crippen MR) is 92.1 cm³/mol. The van der Waals surface area contributed by atoms with Crippen LogP contribution in [0.1, 0.15) is 45.2 Å². The lowest BCUT2D eigenvalue weighted by atomic mass is 9.90. The second kappa shape index (κ2) is 9.09. The van der Waals surface area contributed by atoms with Crippen molar-refractivity contribution in [1.29, 1.82) is 0 Å².